The summed E-state index contributed by atoms with van der Waals surface area (Å²) >= 11 is 1.93. The van der Waals surface area contributed by atoms with E-state index < -0.39 is 34.7 Å². The number of carbonyl (C=O) groups is 1. The van der Waals surface area contributed by atoms with Crippen LogP contribution in [0.3, 0.4) is 0 Å². The molecule has 5 nitrogen and oxygen atoms in total. The van der Waals surface area contributed by atoms with Gasteiger partial charge in [0.15, 0.2) is 5.16 Å². The summed E-state index contributed by atoms with van der Waals surface area (Å²) in [5.41, 5.74) is -0.618. The molecule has 0 aliphatic rings. The number of halogens is 4. The maximum Gasteiger partial charge on any atom is 0.276 e. The first-order valence-corrected chi connectivity index (χ1v) is 10.5. The van der Waals surface area contributed by atoms with Crippen LogP contribution in [-0.2, 0) is 4.79 Å². The van der Waals surface area contributed by atoms with Gasteiger partial charge in [-0.25, -0.2) is 22.5 Å². The number of amides is 1. The summed E-state index contributed by atoms with van der Waals surface area (Å²) in [4.78, 5) is 29.5. The average Bonchev–Trinajstić information content (AvgIpc) is 3.17. The number of fused-ring (bicyclic) bond motifs is 1. The predicted octanol–water partition coefficient (Wildman–Crippen LogP) is 4.73. The van der Waals surface area contributed by atoms with Gasteiger partial charge in [0.05, 0.1) is 22.6 Å². The van der Waals surface area contributed by atoms with E-state index in [1.165, 1.54) is 0 Å². The largest absolute Gasteiger partial charge is 0.323 e. The van der Waals surface area contributed by atoms with Gasteiger partial charge in [-0.1, -0.05) is 11.8 Å². The number of thioether (sulfide) groups is 1. The van der Waals surface area contributed by atoms with E-state index in [1.54, 1.807) is 11.4 Å². The molecule has 0 radical (unpaired) electrons. The molecule has 2 aromatic heterocycles. The standard InChI is InChI=1S/C20H11F4N3O2S2/c21-10-1-2-14(24)16(8-10)25-17(28)9-31-20-26-15-3-4-30-18(15)19(29)27(20)13-6-11(22)5-12(23)7-13/h1-8H,9H2,(H,25,28). The van der Waals surface area contributed by atoms with Crippen LogP contribution in [-0.4, -0.2) is 21.2 Å². The van der Waals surface area contributed by atoms with Crippen LogP contribution in [0.15, 0.2) is 57.8 Å². The van der Waals surface area contributed by atoms with Gasteiger partial charge in [-0.2, -0.15) is 0 Å². The second-order valence-corrected chi connectivity index (χ2v) is 8.12. The number of hydrogen-bond donors (Lipinski definition) is 1. The first-order chi connectivity index (χ1) is 14.8. The molecule has 1 amide bonds. The van der Waals surface area contributed by atoms with Crippen LogP contribution in [0, 0.1) is 23.3 Å². The van der Waals surface area contributed by atoms with E-state index >= 15 is 0 Å². The van der Waals surface area contributed by atoms with E-state index in [-0.39, 0.29) is 27.0 Å². The second kappa shape index (κ2) is 8.52. The predicted molar refractivity (Wildman–Crippen MR) is 111 cm³/mol. The molecule has 4 aromatic rings. The van der Waals surface area contributed by atoms with E-state index in [1.807, 2.05) is 0 Å². The normalized spacial score (nSPS) is 11.1. The van der Waals surface area contributed by atoms with Gasteiger partial charge in [0.1, 0.15) is 28.0 Å². The highest BCUT2D eigenvalue weighted by Gasteiger charge is 2.17. The number of benzene rings is 2. The molecule has 0 aliphatic heterocycles. The van der Waals surface area contributed by atoms with Crippen LogP contribution in [0.25, 0.3) is 15.9 Å². The Hall–Kier alpha value is -3.18. The van der Waals surface area contributed by atoms with E-state index in [2.05, 4.69) is 10.3 Å². The molecular weight excluding hydrogens is 454 g/mol. The number of rotatable bonds is 5. The summed E-state index contributed by atoms with van der Waals surface area (Å²) < 4.78 is 55.8. The van der Waals surface area contributed by atoms with Crippen LogP contribution in [0.5, 0.6) is 0 Å². The zero-order chi connectivity index (χ0) is 22.1. The SMILES string of the molecule is O=C(CSc1nc2ccsc2c(=O)n1-c1cc(F)cc(F)c1)Nc1cc(F)ccc1F. The molecular formula is C20H11F4N3O2S2. The molecule has 4 rings (SSSR count). The van der Waals surface area contributed by atoms with Crippen molar-refractivity contribution in [3.63, 3.8) is 0 Å². The molecule has 0 aliphatic carbocycles. The van der Waals surface area contributed by atoms with Crippen molar-refractivity contribution in [1.29, 1.82) is 0 Å². The van der Waals surface area contributed by atoms with Crippen LogP contribution < -0.4 is 10.9 Å². The molecule has 0 fully saturated rings. The van der Waals surface area contributed by atoms with Crippen molar-refractivity contribution in [1.82, 2.24) is 9.55 Å². The van der Waals surface area contributed by atoms with Gasteiger partial charge in [-0.15, -0.1) is 11.3 Å². The van der Waals surface area contributed by atoms with Gasteiger partial charge in [-0.3, -0.25) is 14.2 Å². The highest BCUT2D eigenvalue weighted by Crippen LogP contribution is 2.25. The molecule has 0 unspecified atom stereocenters. The Morgan fingerprint density at radius 3 is 2.52 bits per heavy atom. The summed E-state index contributed by atoms with van der Waals surface area (Å²) in [6.45, 7) is 0. The lowest BCUT2D eigenvalue weighted by Gasteiger charge is -2.12. The van der Waals surface area contributed by atoms with Gasteiger partial charge in [0.25, 0.3) is 5.56 Å². The van der Waals surface area contributed by atoms with Crippen molar-refractivity contribution in [3.05, 3.63) is 81.5 Å². The zero-order valence-corrected chi connectivity index (χ0v) is 17.0. The van der Waals surface area contributed by atoms with Crippen molar-refractivity contribution >= 4 is 44.9 Å². The zero-order valence-electron chi connectivity index (χ0n) is 15.4. The maximum atomic E-state index is 13.7. The first kappa shape index (κ1) is 21.1. The minimum absolute atomic E-state index is 0.00997. The molecule has 1 N–H and O–H groups in total. The smallest absolute Gasteiger partial charge is 0.276 e. The monoisotopic (exact) mass is 465 g/mol. The van der Waals surface area contributed by atoms with Gasteiger partial charge >= 0.3 is 0 Å². The minimum atomic E-state index is -0.886. The average molecular weight is 465 g/mol. The Morgan fingerprint density at radius 1 is 1.03 bits per heavy atom. The Morgan fingerprint density at radius 2 is 1.77 bits per heavy atom. The second-order valence-electron chi connectivity index (χ2n) is 6.26. The molecule has 0 saturated heterocycles. The quantitative estimate of drug-likeness (QED) is 0.263. The number of thiophene rings is 1. The summed E-state index contributed by atoms with van der Waals surface area (Å²) in [5, 5.41) is 3.89. The Labute approximate surface area is 180 Å². The van der Waals surface area contributed by atoms with Crippen molar-refractivity contribution in [3.8, 4) is 5.69 Å². The summed E-state index contributed by atoms with van der Waals surface area (Å²) in [5.74, 6) is -4.32. The van der Waals surface area contributed by atoms with Crippen LogP contribution in [0.4, 0.5) is 23.2 Å². The Bertz CT molecular complexity index is 1350. The fourth-order valence-electron chi connectivity index (χ4n) is 2.79. The number of hydrogen-bond acceptors (Lipinski definition) is 5. The molecule has 11 heteroatoms. The number of nitrogens with one attached hydrogen (secondary N) is 1. The third-order valence-electron chi connectivity index (χ3n) is 4.09. The lowest BCUT2D eigenvalue weighted by atomic mass is 10.3. The number of carbonyl (C=O) groups excluding carboxylic acids is 1. The third kappa shape index (κ3) is 4.47. The minimum Gasteiger partial charge on any atom is -0.323 e. The molecule has 158 valence electrons. The van der Waals surface area contributed by atoms with Crippen molar-refractivity contribution in [2.45, 2.75) is 5.16 Å². The van der Waals surface area contributed by atoms with Gasteiger partial charge in [0, 0.05) is 12.1 Å². The van der Waals surface area contributed by atoms with E-state index in [9.17, 15) is 27.2 Å². The summed E-state index contributed by atoms with van der Waals surface area (Å²) in [6.07, 6.45) is 0. The fourth-order valence-corrected chi connectivity index (χ4v) is 4.37. The summed E-state index contributed by atoms with van der Waals surface area (Å²) in [6, 6.07) is 6.83. The lowest BCUT2D eigenvalue weighted by molar-refractivity contribution is -0.113. The van der Waals surface area contributed by atoms with Crippen molar-refractivity contribution < 1.29 is 22.4 Å². The number of anilines is 1. The van der Waals surface area contributed by atoms with E-state index in [0.29, 0.717) is 11.6 Å². The first-order valence-electron chi connectivity index (χ1n) is 8.66. The number of aromatic nitrogens is 2. The van der Waals surface area contributed by atoms with E-state index in [0.717, 1.165) is 58.0 Å². The van der Waals surface area contributed by atoms with Crippen molar-refractivity contribution in [2.24, 2.45) is 0 Å². The molecule has 0 saturated carbocycles. The molecule has 0 atom stereocenters. The lowest BCUT2D eigenvalue weighted by Crippen LogP contribution is -2.22. The summed E-state index contributed by atoms with van der Waals surface area (Å²) in [7, 11) is 0. The molecule has 31 heavy (non-hydrogen) atoms. The molecule has 0 bridgehead atoms. The highest BCUT2D eigenvalue weighted by atomic mass is 32.2. The topological polar surface area (TPSA) is 64.0 Å². The van der Waals surface area contributed by atoms with Crippen LogP contribution in [0.1, 0.15) is 0 Å². The third-order valence-corrected chi connectivity index (χ3v) is 5.92. The Kier molecular flexibility index (Phi) is 5.79. The Balaban J connectivity index is 1.67. The maximum absolute atomic E-state index is 13.7. The molecule has 2 aromatic carbocycles. The molecule has 2 heterocycles. The van der Waals surface area contributed by atoms with Crippen LogP contribution in [0.2, 0.25) is 0 Å². The molecule has 0 spiro atoms. The van der Waals surface area contributed by atoms with E-state index in [4.69, 9.17) is 0 Å². The van der Waals surface area contributed by atoms with Gasteiger partial charge < -0.3 is 5.32 Å². The van der Waals surface area contributed by atoms with Gasteiger partial charge in [-0.05, 0) is 35.7 Å². The van der Waals surface area contributed by atoms with Crippen LogP contribution >= 0.6 is 23.1 Å². The van der Waals surface area contributed by atoms with Gasteiger partial charge in [0.2, 0.25) is 5.91 Å². The number of nitrogens with zero attached hydrogens (tertiary/aromatic N) is 2. The highest BCUT2D eigenvalue weighted by molar-refractivity contribution is 7.99. The fraction of sp³-hybridized carbons (Fsp3) is 0.0500. The van der Waals surface area contributed by atoms with Crippen molar-refractivity contribution in [2.75, 3.05) is 11.1 Å².